The largest absolute Gasteiger partial charge is 0.490 e. The van der Waals surface area contributed by atoms with Gasteiger partial charge in [-0.15, -0.1) is 0 Å². The summed E-state index contributed by atoms with van der Waals surface area (Å²) in [6.07, 6.45) is -1.90. The van der Waals surface area contributed by atoms with Crippen LogP contribution in [0, 0.1) is 5.92 Å². The van der Waals surface area contributed by atoms with Crippen molar-refractivity contribution in [3.8, 4) is 0 Å². The standard InChI is InChI=1S/C26H25ClN2O3.C2HF3O2/c27-23-9-5-4-8-21(23)25(30)28-24-11-10-20(17-22(24)26(31)32)29-14-12-19(13-15-29)16-18-6-2-1-3-7-18;3-2(4,5)1(6)7/h1-11,17,19H,12-16H2,(H,28,30)(H,31,32);(H,6,7). The number of aliphatic carboxylic acids is 1. The lowest BCUT2D eigenvalue weighted by Gasteiger charge is -2.34. The second-order valence-corrected chi connectivity index (χ2v) is 9.30. The third kappa shape index (κ3) is 8.47. The molecule has 0 aromatic heterocycles. The van der Waals surface area contributed by atoms with E-state index in [0.717, 1.165) is 38.0 Å². The van der Waals surface area contributed by atoms with Crippen LogP contribution in [0.4, 0.5) is 24.5 Å². The number of nitrogens with one attached hydrogen (secondary N) is 1. The number of hydrogen-bond acceptors (Lipinski definition) is 4. The Kier molecular flexibility index (Phi) is 9.95. The number of carbonyl (C=O) groups excluding carboxylic acids is 1. The van der Waals surface area contributed by atoms with Crippen molar-refractivity contribution in [2.45, 2.75) is 25.4 Å². The molecule has 1 fully saturated rings. The maximum absolute atomic E-state index is 12.6. The molecule has 3 aromatic carbocycles. The van der Waals surface area contributed by atoms with Gasteiger partial charge in [0.15, 0.2) is 0 Å². The molecule has 1 aliphatic rings. The number of anilines is 2. The lowest BCUT2D eigenvalue weighted by molar-refractivity contribution is -0.192. The fraction of sp³-hybridized carbons (Fsp3) is 0.250. The van der Waals surface area contributed by atoms with Crippen LogP contribution in [0.5, 0.6) is 0 Å². The smallest absolute Gasteiger partial charge is 0.478 e. The summed E-state index contributed by atoms with van der Waals surface area (Å²) in [5.74, 6) is -3.65. The minimum absolute atomic E-state index is 0.0642. The number of amides is 1. The predicted molar refractivity (Wildman–Crippen MR) is 142 cm³/mol. The van der Waals surface area contributed by atoms with Crippen LogP contribution in [-0.2, 0) is 11.2 Å². The molecule has 206 valence electrons. The van der Waals surface area contributed by atoms with Crippen LogP contribution in [-0.4, -0.2) is 47.3 Å². The second kappa shape index (κ2) is 13.1. The van der Waals surface area contributed by atoms with E-state index in [9.17, 15) is 27.9 Å². The number of benzene rings is 3. The van der Waals surface area contributed by atoms with Crippen molar-refractivity contribution in [3.05, 3.63) is 94.5 Å². The molecule has 0 aliphatic carbocycles. The lowest BCUT2D eigenvalue weighted by atomic mass is 9.90. The number of piperidine rings is 1. The van der Waals surface area contributed by atoms with Crippen LogP contribution in [0.1, 0.15) is 39.1 Å². The Morgan fingerprint density at radius 3 is 2.05 bits per heavy atom. The number of nitrogens with zero attached hydrogens (tertiary/aromatic N) is 1. The van der Waals surface area contributed by atoms with Crippen molar-refractivity contribution in [3.63, 3.8) is 0 Å². The van der Waals surface area contributed by atoms with E-state index in [0.29, 0.717) is 16.5 Å². The second-order valence-electron chi connectivity index (χ2n) is 8.89. The Morgan fingerprint density at radius 2 is 1.49 bits per heavy atom. The summed E-state index contributed by atoms with van der Waals surface area (Å²) < 4.78 is 31.7. The van der Waals surface area contributed by atoms with Gasteiger partial charge in [0, 0.05) is 18.8 Å². The quantitative estimate of drug-likeness (QED) is 0.322. The van der Waals surface area contributed by atoms with E-state index in [4.69, 9.17) is 21.5 Å². The first-order valence-corrected chi connectivity index (χ1v) is 12.4. The number of carboxylic acid groups (broad SMARTS) is 2. The topological polar surface area (TPSA) is 107 Å². The number of hydrogen-bond donors (Lipinski definition) is 3. The van der Waals surface area contributed by atoms with E-state index in [1.165, 1.54) is 5.56 Å². The number of carbonyl (C=O) groups is 3. The first kappa shape index (κ1) is 29.5. The molecule has 4 rings (SSSR count). The fourth-order valence-corrected chi connectivity index (χ4v) is 4.41. The molecular weight excluding hydrogens is 537 g/mol. The summed E-state index contributed by atoms with van der Waals surface area (Å²) in [6, 6.07) is 22.4. The number of alkyl halides is 3. The van der Waals surface area contributed by atoms with Gasteiger partial charge in [-0.2, -0.15) is 13.2 Å². The molecule has 0 spiro atoms. The third-order valence-corrected chi connectivity index (χ3v) is 6.52. The van der Waals surface area contributed by atoms with Crippen molar-refractivity contribution in [1.29, 1.82) is 0 Å². The van der Waals surface area contributed by atoms with Gasteiger partial charge in [0.05, 0.1) is 21.8 Å². The number of carboxylic acids is 2. The summed E-state index contributed by atoms with van der Waals surface area (Å²) in [7, 11) is 0. The molecule has 11 heteroatoms. The number of halogens is 4. The molecule has 0 unspecified atom stereocenters. The van der Waals surface area contributed by atoms with E-state index in [1.807, 2.05) is 12.1 Å². The monoisotopic (exact) mass is 562 g/mol. The SMILES string of the molecule is O=C(Nc1ccc(N2CCC(Cc3ccccc3)CC2)cc1C(=O)O)c1ccccc1Cl.O=C(O)C(F)(F)F. The Hall–Kier alpha value is -4.05. The minimum Gasteiger partial charge on any atom is -0.478 e. The molecule has 0 bridgehead atoms. The van der Waals surface area contributed by atoms with Crippen LogP contribution in [0.3, 0.4) is 0 Å². The van der Waals surface area contributed by atoms with Gasteiger partial charge in [-0.1, -0.05) is 54.1 Å². The zero-order valence-electron chi connectivity index (χ0n) is 20.6. The Balaban J connectivity index is 0.000000532. The number of aromatic carboxylic acids is 1. The first-order valence-electron chi connectivity index (χ1n) is 12.0. The summed E-state index contributed by atoms with van der Waals surface area (Å²) >= 11 is 6.09. The van der Waals surface area contributed by atoms with E-state index in [1.54, 1.807) is 36.4 Å². The van der Waals surface area contributed by atoms with Gasteiger partial charge in [-0.25, -0.2) is 9.59 Å². The molecule has 3 N–H and O–H groups in total. The van der Waals surface area contributed by atoms with Gasteiger partial charge >= 0.3 is 18.1 Å². The van der Waals surface area contributed by atoms with Crippen LogP contribution >= 0.6 is 11.6 Å². The molecule has 0 saturated carbocycles. The zero-order chi connectivity index (χ0) is 28.6. The van der Waals surface area contributed by atoms with Crippen molar-refractivity contribution in [1.82, 2.24) is 0 Å². The van der Waals surface area contributed by atoms with Crippen LogP contribution in [0.2, 0.25) is 5.02 Å². The van der Waals surface area contributed by atoms with Crippen molar-refractivity contribution >= 4 is 40.8 Å². The molecule has 0 radical (unpaired) electrons. The van der Waals surface area contributed by atoms with Crippen LogP contribution in [0.25, 0.3) is 0 Å². The van der Waals surface area contributed by atoms with E-state index >= 15 is 0 Å². The Labute approximate surface area is 227 Å². The first-order chi connectivity index (χ1) is 18.5. The summed E-state index contributed by atoms with van der Waals surface area (Å²) in [5.41, 5.74) is 2.84. The van der Waals surface area contributed by atoms with E-state index in [-0.39, 0.29) is 11.3 Å². The molecule has 0 atom stereocenters. The summed E-state index contributed by atoms with van der Waals surface area (Å²) in [5, 5.41) is 19.9. The fourth-order valence-electron chi connectivity index (χ4n) is 4.19. The van der Waals surface area contributed by atoms with Crippen LogP contribution in [0.15, 0.2) is 72.8 Å². The summed E-state index contributed by atoms with van der Waals surface area (Å²) in [4.78, 5) is 35.6. The molecule has 1 aliphatic heterocycles. The zero-order valence-corrected chi connectivity index (χ0v) is 21.4. The lowest BCUT2D eigenvalue weighted by Crippen LogP contribution is -2.34. The van der Waals surface area contributed by atoms with Crippen molar-refractivity contribution < 1.29 is 37.8 Å². The average molecular weight is 563 g/mol. The molecule has 1 saturated heterocycles. The molecule has 7 nitrogen and oxygen atoms in total. The highest BCUT2D eigenvalue weighted by molar-refractivity contribution is 6.34. The van der Waals surface area contributed by atoms with Crippen molar-refractivity contribution in [2.75, 3.05) is 23.3 Å². The molecule has 1 heterocycles. The molecule has 1 amide bonds. The highest BCUT2D eigenvalue weighted by atomic mass is 35.5. The van der Waals surface area contributed by atoms with E-state index in [2.05, 4.69) is 34.5 Å². The van der Waals surface area contributed by atoms with E-state index < -0.39 is 24.0 Å². The van der Waals surface area contributed by atoms with Gasteiger partial charge in [-0.05, 0) is 61.1 Å². The maximum Gasteiger partial charge on any atom is 0.490 e. The molecular formula is C28H26ClF3N2O5. The molecule has 3 aromatic rings. The molecule has 39 heavy (non-hydrogen) atoms. The normalized spacial score (nSPS) is 13.7. The maximum atomic E-state index is 12.6. The van der Waals surface area contributed by atoms with Gasteiger partial charge in [0.2, 0.25) is 0 Å². The van der Waals surface area contributed by atoms with Gasteiger partial charge in [0.1, 0.15) is 0 Å². The van der Waals surface area contributed by atoms with Gasteiger partial charge < -0.3 is 20.4 Å². The highest BCUT2D eigenvalue weighted by Gasteiger charge is 2.38. The average Bonchev–Trinajstić information content (AvgIpc) is 2.90. The highest BCUT2D eigenvalue weighted by Crippen LogP contribution is 2.29. The van der Waals surface area contributed by atoms with Gasteiger partial charge in [0.25, 0.3) is 5.91 Å². The van der Waals surface area contributed by atoms with Gasteiger partial charge in [-0.3, -0.25) is 4.79 Å². The Bertz CT molecular complexity index is 1310. The summed E-state index contributed by atoms with van der Waals surface area (Å²) in [6.45, 7) is 1.75. The third-order valence-electron chi connectivity index (χ3n) is 6.19. The minimum atomic E-state index is -5.08. The number of rotatable bonds is 6. The van der Waals surface area contributed by atoms with Crippen LogP contribution < -0.4 is 10.2 Å². The Morgan fingerprint density at radius 1 is 0.897 bits per heavy atom. The van der Waals surface area contributed by atoms with Crippen molar-refractivity contribution in [2.24, 2.45) is 5.92 Å². The predicted octanol–water partition coefficient (Wildman–Crippen LogP) is 6.38.